The third kappa shape index (κ3) is 3.50. The van der Waals surface area contributed by atoms with Crippen LogP contribution < -0.4 is 11.1 Å². The fraction of sp³-hybridized carbons (Fsp3) is 0.250. The van der Waals surface area contributed by atoms with Gasteiger partial charge in [-0.05, 0) is 11.6 Å². The molecule has 2 amide bonds. The number of carbonyl (C=O) groups excluding carboxylic acids is 2. The van der Waals surface area contributed by atoms with E-state index in [9.17, 15) is 9.59 Å². The van der Waals surface area contributed by atoms with Gasteiger partial charge in [0.25, 0.3) is 0 Å². The third-order valence-electron chi connectivity index (χ3n) is 2.74. The van der Waals surface area contributed by atoms with Crippen LogP contribution in [0.2, 0.25) is 5.02 Å². The topological polar surface area (TPSA) is 75.4 Å². The van der Waals surface area contributed by atoms with Gasteiger partial charge in [0.1, 0.15) is 4.99 Å². The predicted molar refractivity (Wildman–Crippen MR) is 75.8 cm³/mol. The second kappa shape index (κ2) is 5.64. The van der Waals surface area contributed by atoms with E-state index in [4.69, 9.17) is 29.6 Å². The zero-order valence-electron chi connectivity index (χ0n) is 9.98. The number of amides is 2. The lowest BCUT2D eigenvalue weighted by atomic mass is 10.1. The summed E-state index contributed by atoms with van der Waals surface area (Å²) in [5.41, 5.74) is 7.03. The summed E-state index contributed by atoms with van der Waals surface area (Å²) in [4.78, 5) is 24.5. The van der Waals surface area contributed by atoms with E-state index in [1.807, 2.05) is 0 Å². The number of piperazine rings is 1. The number of carbonyl (C=O) groups is 2. The minimum atomic E-state index is -0.299. The summed E-state index contributed by atoms with van der Waals surface area (Å²) in [6.07, 6.45) is 0. The summed E-state index contributed by atoms with van der Waals surface area (Å²) in [7, 11) is 0. The molecule has 7 heteroatoms. The van der Waals surface area contributed by atoms with Crippen molar-refractivity contribution in [1.29, 1.82) is 0 Å². The minimum absolute atomic E-state index is 0.180. The molecule has 5 nitrogen and oxygen atoms in total. The first-order valence-electron chi connectivity index (χ1n) is 5.59. The van der Waals surface area contributed by atoms with Crippen LogP contribution in [0.1, 0.15) is 11.1 Å². The Morgan fingerprint density at radius 2 is 2.00 bits per heavy atom. The van der Waals surface area contributed by atoms with Gasteiger partial charge in [-0.15, -0.1) is 0 Å². The highest BCUT2D eigenvalue weighted by Gasteiger charge is 2.22. The van der Waals surface area contributed by atoms with Gasteiger partial charge in [0.15, 0.2) is 0 Å². The number of imide groups is 1. The Morgan fingerprint density at radius 1 is 1.37 bits per heavy atom. The van der Waals surface area contributed by atoms with Crippen molar-refractivity contribution in [1.82, 2.24) is 10.2 Å². The van der Waals surface area contributed by atoms with E-state index in [1.165, 1.54) is 0 Å². The van der Waals surface area contributed by atoms with Crippen LogP contribution in [0, 0.1) is 0 Å². The lowest BCUT2D eigenvalue weighted by Gasteiger charge is -2.25. The number of hydrogen-bond acceptors (Lipinski definition) is 4. The molecule has 0 spiro atoms. The van der Waals surface area contributed by atoms with E-state index in [0.29, 0.717) is 17.1 Å². The van der Waals surface area contributed by atoms with Gasteiger partial charge in [-0.25, -0.2) is 0 Å². The molecule has 1 aliphatic rings. The number of rotatable bonds is 3. The average molecular weight is 298 g/mol. The summed E-state index contributed by atoms with van der Waals surface area (Å²) < 4.78 is 0. The number of nitrogens with zero attached hydrogens (tertiary/aromatic N) is 1. The summed E-state index contributed by atoms with van der Waals surface area (Å²) in [6.45, 7) is 0.786. The maximum Gasteiger partial charge on any atom is 0.240 e. The van der Waals surface area contributed by atoms with Crippen LogP contribution in [-0.4, -0.2) is 34.8 Å². The van der Waals surface area contributed by atoms with Gasteiger partial charge < -0.3 is 5.73 Å². The Labute approximate surface area is 120 Å². The first-order valence-corrected chi connectivity index (χ1v) is 6.37. The summed E-state index contributed by atoms with van der Waals surface area (Å²) in [6, 6.07) is 5.26. The number of thiocarbonyl (C=S) groups is 1. The van der Waals surface area contributed by atoms with Gasteiger partial charge in [-0.1, -0.05) is 36.0 Å². The van der Waals surface area contributed by atoms with Crippen LogP contribution in [0.3, 0.4) is 0 Å². The van der Waals surface area contributed by atoms with Gasteiger partial charge in [-0.2, -0.15) is 0 Å². The van der Waals surface area contributed by atoms with Crippen molar-refractivity contribution in [3.8, 4) is 0 Å². The van der Waals surface area contributed by atoms with E-state index in [-0.39, 0.29) is 29.9 Å². The maximum atomic E-state index is 11.3. The first-order chi connectivity index (χ1) is 8.95. The fourth-order valence-corrected chi connectivity index (χ4v) is 2.25. The highest BCUT2D eigenvalue weighted by atomic mass is 35.5. The maximum absolute atomic E-state index is 11.3. The molecule has 0 bridgehead atoms. The number of halogens is 1. The van der Waals surface area contributed by atoms with Gasteiger partial charge in [0.05, 0.1) is 13.1 Å². The molecule has 100 valence electrons. The van der Waals surface area contributed by atoms with Gasteiger partial charge in [0.2, 0.25) is 11.8 Å². The SMILES string of the molecule is NC(=S)c1ccc(CN2CC(=O)NC(=O)C2)c(Cl)c1. The molecule has 1 fully saturated rings. The van der Waals surface area contributed by atoms with Crippen molar-refractivity contribution < 1.29 is 9.59 Å². The van der Waals surface area contributed by atoms with Crippen LogP contribution in [0.25, 0.3) is 0 Å². The molecule has 0 unspecified atom stereocenters. The van der Waals surface area contributed by atoms with E-state index in [1.54, 1.807) is 23.1 Å². The van der Waals surface area contributed by atoms with Crippen molar-refractivity contribution in [3.05, 3.63) is 34.3 Å². The second-order valence-corrected chi connectivity index (χ2v) is 5.13. The lowest BCUT2D eigenvalue weighted by Crippen LogP contribution is -2.50. The zero-order chi connectivity index (χ0) is 14.0. The Morgan fingerprint density at radius 3 is 2.53 bits per heavy atom. The molecule has 19 heavy (non-hydrogen) atoms. The molecule has 0 radical (unpaired) electrons. The largest absolute Gasteiger partial charge is 0.389 e. The molecular formula is C12H12ClN3O2S. The van der Waals surface area contributed by atoms with Crippen LogP contribution >= 0.6 is 23.8 Å². The van der Waals surface area contributed by atoms with Crippen LogP contribution in [0.5, 0.6) is 0 Å². The zero-order valence-corrected chi connectivity index (χ0v) is 11.6. The fourth-order valence-electron chi connectivity index (χ4n) is 1.88. The van der Waals surface area contributed by atoms with Crippen molar-refractivity contribution in [2.24, 2.45) is 5.73 Å². The minimum Gasteiger partial charge on any atom is -0.389 e. The Bertz CT molecular complexity index is 546. The molecular weight excluding hydrogens is 286 g/mol. The number of hydrogen-bond donors (Lipinski definition) is 2. The molecule has 1 aromatic rings. The van der Waals surface area contributed by atoms with Crippen molar-refractivity contribution in [2.45, 2.75) is 6.54 Å². The average Bonchev–Trinajstić information content (AvgIpc) is 2.30. The Kier molecular flexibility index (Phi) is 4.14. The monoisotopic (exact) mass is 297 g/mol. The van der Waals surface area contributed by atoms with E-state index in [0.717, 1.165) is 5.56 Å². The van der Waals surface area contributed by atoms with E-state index < -0.39 is 0 Å². The third-order valence-corrected chi connectivity index (χ3v) is 3.33. The van der Waals surface area contributed by atoms with Crippen LogP contribution in [0.4, 0.5) is 0 Å². The number of benzene rings is 1. The normalized spacial score (nSPS) is 16.3. The highest BCUT2D eigenvalue weighted by molar-refractivity contribution is 7.80. The molecule has 3 N–H and O–H groups in total. The molecule has 0 aliphatic carbocycles. The van der Waals surface area contributed by atoms with Crippen LogP contribution in [0.15, 0.2) is 18.2 Å². The van der Waals surface area contributed by atoms with E-state index >= 15 is 0 Å². The molecule has 0 saturated carbocycles. The second-order valence-electron chi connectivity index (χ2n) is 4.29. The van der Waals surface area contributed by atoms with Crippen molar-refractivity contribution in [2.75, 3.05) is 13.1 Å². The smallest absolute Gasteiger partial charge is 0.240 e. The van der Waals surface area contributed by atoms with Crippen LogP contribution in [-0.2, 0) is 16.1 Å². The van der Waals surface area contributed by atoms with Gasteiger partial charge in [0, 0.05) is 17.1 Å². The molecule has 1 aliphatic heterocycles. The highest BCUT2D eigenvalue weighted by Crippen LogP contribution is 2.20. The summed E-state index contributed by atoms with van der Waals surface area (Å²) in [5, 5.41) is 2.76. The van der Waals surface area contributed by atoms with Crippen molar-refractivity contribution in [3.63, 3.8) is 0 Å². The first kappa shape index (κ1) is 13.9. The van der Waals surface area contributed by atoms with Gasteiger partial charge >= 0.3 is 0 Å². The van der Waals surface area contributed by atoms with E-state index in [2.05, 4.69) is 5.32 Å². The number of nitrogens with two attached hydrogens (primary N) is 1. The standard InChI is InChI=1S/C12H12ClN3O2S/c13-9-3-7(12(14)19)1-2-8(9)4-16-5-10(17)15-11(18)6-16/h1-3H,4-6H2,(H2,14,19)(H,15,17,18). The Balaban J connectivity index is 2.13. The van der Waals surface area contributed by atoms with Gasteiger partial charge in [-0.3, -0.25) is 19.8 Å². The molecule has 0 atom stereocenters. The molecule has 1 saturated heterocycles. The molecule has 1 aromatic carbocycles. The molecule has 2 rings (SSSR count). The number of nitrogens with one attached hydrogen (secondary N) is 1. The summed E-state index contributed by atoms with van der Waals surface area (Å²) >= 11 is 11.0. The quantitative estimate of drug-likeness (QED) is 0.625. The molecule has 1 heterocycles. The van der Waals surface area contributed by atoms with Crippen molar-refractivity contribution >= 4 is 40.6 Å². The molecule has 0 aromatic heterocycles. The Hall–Kier alpha value is -1.50. The predicted octanol–water partition coefficient (Wildman–Crippen LogP) is 0.433. The summed E-state index contributed by atoms with van der Waals surface area (Å²) in [5.74, 6) is -0.598. The lowest BCUT2D eigenvalue weighted by molar-refractivity contribution is -0.136.